The number of primary amides is 1. The lowest BCUT2D eigenvalue weighted by Crippen LogP contribution is -2.10. The van der Waals surface area contributed by atoms with Crippen LogP contribution in [0.4, 0.5) is 0 Å². The van der Waals surface area contributed by atoms with Gasteiger partial charge in [0.2, 0.25) is 5.91 Å². The summed E-state index contributed by atoms with van der Waals surface area (Å²) in [5.74, 6) is -1.41. The van der Waals surface area contributed by atoms with Gasteiger partial charge in [0.15, 0.2) is 17.3 Å². The standard InChI is InChI=1S/C27H21I2NO7/c28-17-10-15(11-18(29)26(17)34)25(33)24-16-12-19(31)22(37-27(35)14-6-2-1-3-7-14)13-21(16)36-20(24)8-4-5-9-23(30)32/h1-3,6-7,10-13,31,34H,4-5,8-9H2,(H2,30,32). The third-order valence-corrected chi connectivity index (χ3v) is 7.28. The first-order valence-corrected chi connectivity index (χ1v) is 13.4. The molecule has 190 valence electrons. The molecule has 0 aliphatic heterocycles. The van der Waals surface area contributed by atoms with Crippen molar-refractivity contribution in [2.24, 2.45) is 5.73 Å². The van der Waals surface area contributed by atoms with Gasteiger partial charge in [-0.25, -0.2) is 4.79 Å². The maximum Gasteiger partial charge on any atom is 0.343 e. The number of halogens is 2. The average Bonchev–Trinajstić information content (AvgIpc) is 3.21. The molecule has 1 amide bonds. The van der Waals surface area contributed by atoms with E-state index in [1.165, 1.54) is 12.1 Å². The number of fused-ring (bicyclic) bond motifs is 1. The van der Waals surface area contributed by atoms with E-state index in [2.05, 4.69) is 0 Å². The molecule has 0 spiro atoms. The molecule has 0 radical (unpaired) electrons. The zero-order valence-corrected chi connectivity index (χ0v) is 23.6. The number of esters is 1. The van der Waals surface area contributed by atoms with Gasteiger partial charge in [-0.05, 0) is 88.4 Å². The van der Waals surface area contributed by atoms with Crippen LogP contribution in [-0.4, -0.2) is 27.9 Å². The van der Waals surface area contributed by atoms with Gasteiger partial charge in [-0.2, -0.15) is 0 Å². The number of ketones is 1. The van der Waals surface area contributed by atoms with Gasteiger partial charge in [0.05, 0.1) is 18.3 Å². The lowest BCUT2D eigenvalue weighted by atomic mass is 9.97. The molecule has 0 fully saturated rings. The van der Waals surface area contributed by atoms with Crippen molar-refractivity contribution in [3.05, 3.63) is 84.2 Å². The molecule has 3 aromatic carbocycles. The summed E-state index contributed by atoms with van der Waals surface area (Å²) in [7, 11) is 0. The summed E-state index contributed by atoms with van der Waals surface area (Å²) in [6.45, 7) is 0. The number of amides is 1. The molecule has 0 saturated heterocycles. The van der Waals surface area contributed by atoms with E-state index in [0.29, 0.717) is 48.7 Å². The highest BCUT2D eigenvalue weighted by molar-refractivity contribution is 14.1. The Balaban J connectivity index is 1.75. The second-order valence-electron chi connectivity index (χ2n) is 8.26. The van der Waals surface area contributed by atoms with Crippen LogP contribution in [0.15, 0.2) is 59.0 Å². The summed E-state index contributed by atoms with van der Waals surface area (Å²) in [6.07, 6.45) is 1.60. The highest BCUT2D eigenvalue weighted by Gasteiger charge is 2.25. The lowest BCUT2D eigenvalue weighted by Gasteiger charge is -2.08. The number of ether oxygens (including phenoxy) is 1. The van der Waals surface area contributed by atoms with Crippen molar-refractivity contribution in [2.45, 2.75) is 25.7 Å². The van der Waals surface area contributed by atoms with Gasteiger partial charge in [-0.15, -0.1) is 0 Å². The molecule has 10 heteroatoms. The Morgan fingerprint density at radius 2 is 1.59 bits per heavy atom. The summed E-state index contributed by atoms with van der Waals surface area (Å²) < 4.78 is 12.4. The third kappa shape index (κ3) is 6.06. The molecule has 4 rings (SSSR count). The van der Waals surface area contributed by atoms with Gasteiger partial charge in [-0.1, -0.05) is 18.2 Å². The number of hydrogen-bond acceptors (Lipinski definition) is 7. The first kappa shape index (κ1) is 26.9. The molecule has 0 unspecified atom stereocenters. The van der Waals surface area contributed by atoms with Crippen molar-refractivity contribution >= 4 is 73.8 Å². The summed E-state index contributed by atoms with van der Waals surface area (Å²) in [5.41, 5.74) is 6.39. The number of carbonyl (C=O) groups excluding carboxylic acids is 3. The highest BCUT2D eigenvalue weighted by atomic mass is 127. The van der Waals surface area contributed by atoms with E-state index in [0.717, 1.165) is 0 Å². The van der Waals surface area contributed by atoms with E-state index in [1.54, 1.807) is 42.5 Å². The zero-order chi connectivity index (χ0) is 26.7. The normalized spacial score (nSPS) is 11.0. The number of phenolic OH excluding ortho intramolecular Hbond substituents is 2. The molecule has 4 N–H and O–H groups in total. The number of phenols is 2. The molecule has 1 aromatic heterocycles. The van der Waals surface area contributed by atoms with Crippen molar-refractivity contribution in [1.82, 2.24) is 0 Å². The van der Waals surface area contributed by atoms with E-state index in [9.17, 15) is 24.6 Å². The van der Waals surface area contributed by atoms with E-state index < -0.39 is 11.9 Å². The Bertz CT molecular complexity index is 1490. The molecule has 37 heavy (non-hydrogen) atoms. The lowest BCUT2D eigenvalue weighted by molar-refractivity contribution is -0.118. The van der Waals surface area contributed by atoms with E-state index in [4.69, 9.17) is 14.9 Å². The minimum absolute atomic E-state index is 0.0870. The van der Waals surface area contributed by atoms with Crippen LogP contribution in [0, 0.1) is 7.14 Å². The van der Waals surface area contributed by atoms with Crippen molar-refractivity contribution in [3.63, 3.8) is 0 Å². The monoisotopic (exact) mass is 725 g/mol. The summed E-state index contributed by atoms with van der Waals surface area (Å²) in [4.78, 5) is 37.3. The highest BCUT2D eigenvalue weighted by Crippen LogP contribution is 2.38. The van der Waals surface area contributed by atoms with Crippen LogP contribution in [0.25, 0.3) is 11.0 Å². The van der Waals surface area contributed by atoms with Crippen LogP contribution in [0.5, 0.6) is 17.2 Å². The average molecular weight is 725 g/mol. The predicted molar refractivity (Wildman–Crippen MR) is 153 cm³/mol. The largest absolute Gasteiger partial charge is 0.506 e. The van der Waals surface area contributed by atoms with E-state index >= 15 is 0 Å². The van der Waals surface area contributed by atoms with Crippen molar-refractivity contribution < 1.29 is 33.8 Å². The topological polar surface area (TPSA) is 140 Å². The SMILES string of the molecule is NC(=O)CCCCc1oc2cc(OC(=O)c3ccccc3)c(O)cc2c1C(=O)c1cc(I)c(O)c(I)c1. The Labute approximate surface area is 239 Å². The quantitative estimate of drug-likeness (QED) is 0.0662. The summed E-state index contributed by atoms with van der Waals surface area (Å²) in [6, 6.07) is 14.2. The molecular weight excluding hydrogens is 704 g/mol. The van der Waals surface area contributed by atoms with Gasteiger partial charge in [0, 0.05) is 29.9 Å². The number of carbonyl (C=O) groups is 3. The molecule has 0 saturated carbocycles. The van der Waals surface area contributed by atoms with Crippen LogP contribution in [0.3, 0.4) is 0 Å². The van der Waals surface area contributed by atoms with Crippen molar-refractivity contribution in [3.8, 4) is 17.2 Å². The second-order valence-corrected chi connectivity index (χ2v) is 10.6. The van der Waals surface area contributed by atoms with Gasteiger partial charge >= 0.3 is 5.97 Å². The Morgan fingerprint density at radius 1 is 0.919 bits per heavy atom. The van der Waals surface area contributed by atoms with Crippen LogP contribution < -0.4 is 10.5 Å². The molecule has 8 nitrogen and oxygen atoms in total. The maximum atomic E-state index is 13.7. The van der Waals surface area contributed by atoms with Crippen molar-refractivity contribution in [1.29, 1.82) is 0 Å². The van der Waals surface area contributed by atoms with Crippen LogP contribution >= 0.6 is 45.2 Å². The minimum atomic E-state index is -0.655. The molecule has 0 aliphatic carbocycles. The van der Waals surface area contributed by atoms with Gasteiger partial charge in [-0.3, -0.25) is 9.59 Å². The number of rotatable bonds is 9. The number of hydrogen-bond donors (Lipinski definition) is 3. The molecular formula is C27H21I2NO7. The number of furan rings is 1. The van der Waals surface area contributed by atoms with E-state index in [1.807, 2.05) is 45.2 Å². The molecule has 0 aliphatic rings. The number of aromatic hydroxyl groups is 2. The van der Waals surface area contributed by atoms with Crippen LogP contribution in [0.1, 0.15) is 51.3 Å². The smallest absolute Gasteiger partial charge is 0.343 e. The Kier molecular flexibility index (Phi) is 8.37. The maximum absolute atomic E-state index is 13.7. The third-order valence-electron chi connectivity index (χ3n) is 5.64. The second kappa shape index (κ2) is 11.5. The number of benzene rings is 3. The molecule has 0 atom stereocenters. The van der Waals surface area contributed by atoms with Gasteiger partial charge < -0.3 is 25.1 Å². The fourth-order valence-corrected chi connectivity index (χ4v) is 5.60. The fraction of sp³-hybridized carbons (Fsp3) is 0.148. The molecule has 1 heterocycles. The molecule has 0 bridgehead atoms. The first-order chi connectivity index (χ1) is 17.7. The minimum Gasteiger partial charge on any atom is -0.506 e. The number of unbranched alkanes of at least 4 members (excludes halogenated alkanes) is 1. The number of aryl methyl sites for hydroxylation is 1. The zero-order valence-electron chi connectivity index (χ0n) is 19.3. The predicted octanol–water partition coefficient (Wildman–Crippen LogP) is 5.70. The van der Waals surface area contributed by atoms with E-state index in [-0.39, 0.29) is 40.6 Å². The van der Waals surface area contributed by atoms with Gasteiger partial charge in [0.25, 0.3) is 0 Å². The summed E-state index contributed by atoms with van der Waals surface area (Å²) in [5, 5.41) is 21.1. The molecule has 4 aromatic rings. The Hall–Kier alpha value is -3.13. The first-order valence-electron chi connectivity index (χ1n) is 11.2. The van der Waals surface area contributed by atoms with Gasteiger partial charge in [0.1, 0.15) is 17.1 Å². The summed E-state index contributed by atoms with van der Waals surface area (Å²) >= 11 is 3.90. The number of nitrogens with two attached hydrogens (primary N) is 1. The fourth-order valence-electron chi connectivity index (χ4n) is 3.83. The Morgan fingerprint density at radius 3 is 2.24 bits per heavy atom. The van der Waals surface area contributed by atoms with Crippen molar-refractivity contribution in [2.75, 3.05) is 0 Å². The van der Waals surface area contributed by atoms with Crippen LogP contribution in [0.2, 0.25) is 0 Å². The van der Waals surface area contributed by atoms with Crippen LogP contribution in [-0.2, 0) is 11.2 Å².